The van der Waals surface area contributed by atoms with E-state index in [1.165, 1.54) is 11.3 Å². The number of nitrogens with one attached hydrogen (secondary N) is 2. The van der Waals surface area contributed by atoms with E-state index in [1.807, 2.05) is 18.4 Å². The molecule has 2 heterocycles. The Hall–Kier alpha value is -1.28. The van der Waals surface area contributed by atoms with Gasteiger partial charge in [-0.1, -0.05) is 12.1 Å². The van der Waals surface area contributed by atoms with Crippen molar-refractivity contribution in [2.75, 3.05) is 19.6 Å². The van der Waals surface area contributed by atoms with E-state index in [2.05, 4.69) is 15.0 Å². The highest BCUT2D eigenvalue weighted by molar-refractivity contribution is 7.89. The summed E-state index contributed by atoms with van der Waals surface area (Å²) in [4.78, 5) is 4.72. The first kappa shape index (κ1) is 16.6. The van der Waals surface area contributed by atoms with Gasteiger partial charge in [0.2, 0.25) is 10.0 Å². The van der Waals surface area contributed by atoms with Crippen LogP contribution in [0.25, 0.3) is 10.6 Å². The summed E-state index contributed by atoms with van der Waals surface area (Å²) >= 11 is 1.52. The zero-order valence-corrected chi connectivity index (χ0v) is 14.7. The average molecular weight is 351 g/mol. The average Bonchev–Trinajstić information content (AvgIpc) is 3.01. The van der Waals surface area contributed by atoms with Gasteiger partial charge in [0.15, 0.2) is 0 Å². The number of nitrogens with zero attached hydrogens (tertiary/aromatic N) is 1. The second-order valence-electron chi connectivity index (χ2n) is 5.89. The first-order valence-electron chi connectivity index (χ1n) is 7.77. The van der Waals surface area contributed by atoms with Crippen LogP contribution in [0, 0.1) is 12.8 Å². The van der Waals surface area contributed by atoms with E-state index in [0.29, 0.717) is 17.4 Å². The normalized spacial score (nSPS) is 18.9. The monoisotopic (exact) mass is 351 g/mol. The summed E-state index contributed by atoms with van der Waals surface area (Å²) in [5.41, 5.74) is 1.78. The van der Waals surface area contributed by atoms with Crippen molar-refractivity contribution in [1.82, 2.24) is 15.0 Å². The third kappa shape index (κ3) is 4.17. The summed E-state index contributed by atoms with van der Waals surface area (Å²) in [5.74, 6) is 0.364. The maximum Gasteiger partial charge on any atom is 0.240 e. The number of aromatic nitrogens is 1. The fraction of sp³-hybridized carbons (Fsp3) is 0.438. The minimum Gasteiger partial charge on any atom is -0.316 e. The van der Waals surface area contributed by atoms with Crippen LogP contribution in [-0.4, -0.2) is 33.0 Å². The number of benzene rings is 1. The van der Waals surface area contributed by atoms with E-state index in [0.717, 1.165) is 42.2 Å². The predicted octanol–water partition coefficient (Wildman–Crippen LogP) is 2.40. The zero-order chi connectivity index (χ0) is 16.3. The fourth-order valence-electron chi connectivity index (χ4n) is 2.69. The predicted molar refractivity (Wildman–Crippen MR) is 93.1 cm³/mol. The molecule has 1 unspecified atom stereocenters. The Morgan fingerprint density at radius 2 is 2.30 bits per heavy atom. The van der Waals surface area contributed by atoms with Gasteiger partial charge in [-0.05, 0) is 50.9 Å². The minimum atomic E-state index is -3.48. The van der Waals surface area contributed by atoms with Gasteiger partial charge in [0, 0.05) is 23.2 Å². The number of aryl methyl sites for hydroxylation is 1. The first-order valence-corrected chi connectivity index (χ1v) is 10.1. The van der Waals surface area contributed by atoms with Crippen LogP contribution in [0.2, 0.25) is 0 Å². The third-order valence-corrected chi connectivity index (χ3v) is 6.40. The molecule has 0 radical (unpaired) electrons. The smallest absolute Gasteiger partial charge is 0.240 e. The molecule has 0 amide bonds. The molecule has 2 N–H and O–H groups in total. The van der Waals surface area contributed by atoms with Gasteiger partial charge in [0.05, 0.1) is 4.90 Å². The van der Waals surface area contributed by atoms with Crippen molar-refractivity contribution >= 4 is 21.4 Å². The summed E-state index contributed by atoms with van der Waals surface area (Å²) in [6.07, 6.45) is 2.17. The SMILES string of the molecule is Cc1csc(-c2cccc(S(=O)(=O)NCC3CCCNC3)c2)n1. The molecule has 1 aliphatic rings. The summed E-state index contributed by atoms with van der Waals surface area (Å²) in [5, 5.41) is 6.11. The van der Waals surface area contributed by atoms with Crippen molar-refractivity contribution in [1.29, 1.82) is 0 Å². The van der Waals surface area contributed by atoms with Gasteiger partial charge in [-0.15, -0.1) is 11.3 Å². The molecule has 0 aliphatic carbocycles. The van der Waals surface area contributed by atoms with Crippen molar-refractivity contribution < 1.29 is 8.42 Å². The van der Waals surface area contributed by atoms with Gasteiger partial charge in [-0.25, -0.2) is 18.1 Å². The van der Waals surface area contributed by atoms with Crippen LogP contribution >= 0.6 is 11.3 Å². The molecule has 2 aromatic rings. The topological polar surface area (TPSA) is 71.1 Å². The molecule has 7 heteroatoms. The molecule has 0 bridgehead atoms. The maximum absolute atomic E-state index is 12.5. The standard InChI is InChI=1S/C16H21N3O2S2/c1-12-11-22-16(19-12)14-5-2-6-15(8-14)23(20,21)18-10-13-4-3-7-17-9-13/h2,5-6,8,11,13,17-18H,3-4,7,9-10H2,1H3. The van der Waals surface area contributed by atoms with E-state index in [-0.39, 0.29) is 0 Å². The van der Waals surface area contributed by atoms with Crippen LogP contribution in [-0.2, 0) is 10.0 Å². The maximum atomic E-state index is 12.5. The van der Waals surface area contributed by atoms with E-state index in [4.69, 9.17) is 0 Å². The zero-order valence-electron chi connectivity index (χ0n) is 13.1. The van der Waals surface area contributed by atoms with Crippen LogP contribution in [0.1, 0.15) is 18.5 Å². The van der Waals surface area contributed by atoms with Crippen LogP contribution < -0.4 is 10.0 Å². The van der Waals surface area contributed by atoms with Gasteiger partial charge < -0.3 is 5.32 Å². The number of rotatable bonds is 5. The quantitative estimate of drug-likeness (QED) is 0.868. The molecule has 23 heavy (non-hydrogen) atoms. The molecular weight excluding hydrogens is 330 g/mol. The molecule has 1 atom stereocenters. The Morgan fingerprint density at radius 3 is 3.00 bits per heavy atom. The van der Waals surface area contributed by atoms with Crippen LogP contribution in [0.15, 0.2) is 34.5 Å². The molecule has 1 saturated heterocycles. The largest absolute Gasteiger partial charge is 0.316 e. The molecule has 1 fully saturated rings. The fourth-order valence-corrected chi connectivity index (χ4v) is 4.65. The second-order valence-corrected chi connectivity index (χ2v) is 8.51. The van der Waals surface area contributed by atoms with Crippen molar-refractivity contribution in [3.8, 4) is 10.6 Å². The molecule has 1 aromatic carbocycles. The Bertz CT molecular complexity index is 765. The summed E-state index contributed by atoms with van der Waals surface area (Å²) in [7, 11) is -3.48. The number of hydrogen-bond acceptors (Lipinski definition) is 5. The van der Waals surface area contributed by atoms with Crippen molar-refractivity contribution in [3.63, 3.8) is 0 Å². The number of sulfonamides is 1. The summed E-state index contributed by atoms with van der Waals surface area (Å²) < 4.78 is 27.8. The van der Waals surface area contributed by atoms with Crippen molar-refractivity contribution in [3.05, 3.63) is 35.3 Å². The molecule has 0 saturated carbocycles. The highest BCUT2D eigenvalue weighted by Gasteiger charge is 2.19. The lowest BCUT2D eigenvalue weighted by Crippen LogP contribution is -2.38. The lowest BCUT2D eigenvalue weighted by molar-refractivity contribution is 0.376. The van der Waals surface area contributed by atoms with Gasteiger partial charge in [-0.3, -0.25) is 0 Å². The van der Waals surface area contributed by atoms with Crippen LogP contribution in [0.3, 0.4) is 0 Å². The van der Waals surface area contributed by atoms with Gasteiger partial charge in [0.25, 0.3) is 0 Å². The molecule has 1 aromatic heterocycles. The summed E-state index contributed by atoms with van der Waals surface area (Å²) in [6, 6.07) is 6.98. The van der Waals surface area contributed by atoms with Crippen LogP contribution in [0.4, 0.5) is 0 Å². The second kappa shape index (κ2) is 7.09. The number of piperidine rings is 1. The Labute approximate surface area is 141 Å². The highest BCUT2D eigenvalue weighted by Crippen LogP contribution is 2.25. The molecule has 5 nitrogen and oxygen atoms in total. The Kier molecular flexibility index (Phi) is 5.11. The highest BCUT2D eigenvalue weighted by atomic mass is 32.2. The lowest BCUT2D eigenvalue weighted by atomic mass is 10.0. The molecule has 0 spiro atoms. The summed E-state index contributed by atoms with van der Waals surface area (Å²) in [6.45, 7) is 4.32. The van der Waals surface area contributed by atoms with Crippen molar-refractivity contribution in [2.45, 2.75) is 24.7 Å². The van der Waals surface area contributed by atoms with Crippen molar-refractivity contribution in [2.24, 2.45) is 5.92 Å². The first-order chi connectivity index (χ1) is 11.0. The number of thiazole rings is 1. The Morgan fingerprint density at radius 1 is 1.43 bits per heavy atom. The van der Waals surface area contributed by atoms with E-state index >= 15 is 0 Å². The molecule has 124 valence electrons. The molecule has 1 aliphatic heterocycles. The molecule has 3 rings (SSSR count). The number of hydrogen-bond donors (Lipinski definition) is 2. The lowest BCUT2D eigenvalue weighted by Gasteiger charge is -2.22. The minimum absolute atomic E-state index is 0.298. The van der Waals surface area contributed by atoms with E-state index < -0.39 is 10.0 Å². The molecular formula is C16H21N3O2S2. The van der Waals surface area contributed by atoms with E-state index in [9.17, 15) is 8.42 Å². The van der Waals surface area contributed by atoms with Crippen LogP contribution in [0.5, 0.6) is 0 Å². The van der Waals surface area contributed by atoms with Gasteiger partial charge >= 0.3 is 0 Å². The van der Waals surface area contributed by atoms with Gasteiger partial charge in [-0.2, -0.15) is 0 Å². The van der Waals surface area contributed by atoms with E-state index in [1.54, 1.807) is 18.2 Å². The Balaban J connectivity index is 1.74. The third-order valence-electron chi connectivity index (χ3n) is 3.97. The van der Waals surface area contributed by atoms with Gasteiger partial charge in [0.1, 0.15) is 5.01 Å².